The Morgan fingerprint density at radius 3 is 2.70 bits per heavy atom. The van der Waals surface area contributed by atoms with Gasteiger partial charge >= 0.3 is 0 Å². The van der Waals surface area contributed by atoms with Crippen LogP contribution in [0.25, 0.3) is 0 Å². The van der Waals surface area contributed by atoms with Gasteiger partial charge in [0.15, 0.2) is 16.7 Å². The summed E-state index contributed by atoms with van der Waals surface area (Å²) in [5.41, 5.74) is 2.84. The van der Waals surface area contributed by atoms with Crippen LogP contribution in [0, 0.1) is 0 Å². The van der Waals surface area contributed by atoms with Gasteiger partial charge in [0.05, 0.1) is 18.0 Å². The Morgan fingerprint density at radius 1 is 1.07 bits per heavy atom. The number of carbonyl (C=O) groups is 3. The van der Waals surface area contributed by atoms with Crippen molar-refractivity contribution in [1.82, 2.24) is 10.2 Å². The van der Waals surface area contributed by atoms with E-state index >= 15 is 0 Å². The van der Waals surface area contributed by atoms with Gasteiger partial charge in [-0.3, -0.25) is 19.3 Å². The van der Waals surface area contributed by atoms with Crippen LogP contribution >= 0.6 is 11.8 Å². The number of hydrogen-bond donors (Lipinski definition) is 2. The summed E-state index contributed by atoms with van der Waals surface area (Å²) < 4.78 is 16.2. The maximum absolute atomic E-state index is 13.4. The molecule has 0 fully saturated rings. The van der Waals surface area contributed by atoms with Gasteiger partial charge in [0, 0.05) is 35.8 Å². The van der Waals surface area contributed by atoms with Gasteiger partial charge in [0.2, 0.25) is 18.6 Å². The zero-order chi connectivity index (χ0) is 30.6. The van der Waals surface area contributed by atoms with Crippen molar-refractivity contribution in [3.05, 3.63) is 77.9 Å². The Balaban J connectivity index is 1.17. The van der Waals surface area contributed by atoms with Crippen molar-refractivity contribution in [3.8, 4) is 17.2 Å². The van der Waals surface area contributed by atoms with Crippen LogP contribution in [-0.2, 0) is 20.9 Å². The fourth-order valence-corrected chi connectivity index (χ4v) is 6.27. The molecule has 0 spiro atoms. The standard InChI is InChI=1S/C32H31N5O6S/c1-3-27(31(40)34-20-12-14-25-26(16-20)43-18-42-25)44-32-35-22-10-6-5-9-21(22)29-36-30(39)23(37(29)32)13-15-28(38)33-17-19-8-4-7-11-24(19)41-2/h4-12,14,16,23,27H,3,13,15,17-18H2,1-2H3,(H,33,38)(H,34,40). The van der Waals surface area contributed by atoms with Gasteiger partial charge in [-0.05, 0) is 43.2 Å². The molecule has 3 heterocycles. The second-order valence-electron chi connectivity index (χ2n) is 10.3. The van der Waals surface area contributed by atoms with E-state index in [9.17, 15) is 14.4 Å². The van der Waals surface area contributed by atoms with Crippen molar-refractivity contribution < 1.29 is 28.6 Å². The van der Waals surface area contributed by atoms with Gasteiger partial charge < -0.3 is 24.8 Å². The van der Waals surface area contributed by atoms with E-state index in [1.165, 1.54) is 11.8 Å². The molecule has 11 nitrogen and oxygen atoms in total. The normalized spacial score (nSPS) is 16.8. The first-order valence-corrected chi connectivity index (χ1v) is 15.2. The van der Waals surface area contributed by atoms with E-state index in [1.54, 1.807) is 30.2 Å². The topological polar surface area (TPSA) is 131 Å². The van der Waals surface area contributed by atoms with Gasteiger partial charge in [-0.15, -0.1) is 0 Å². The molecule has 0 aromatic heterocycles. The number of carbonyl (C=O) groups excluding carboxylic acids is 3. The van der Waals surface area contributed by atoms with E-state index in [-0.39, 0.29) is 37.4 Å². The van der Waals surface area contributed by atoms with E-state index in [1.807, 2.05) is 55.5 Å². The summed E-state index contributed by atoms with van der Waals surface area (Å²) in [6.45, 7) is 2.37. The van der Waals surface area contributed by atoms with Gasteiger partial charge in [-0.25, -0.2) is 4.99 Å². The fourth-order valence-electron chi connectivity index (χ4n) is 5.20. The van der Waals surface area contributed by atoms with E-state index in [0.29, 0.717) is 52.6 Å². The first kappa shape index (κ1) is 29.2. The molecule has 226 valence electrons. The van der Waals surface area contributed by atoms with E-state index in [0.717, 1.165) is 11.1 Å². The van der Waals surface area contributed by atoms with Crippen LogP contribution in [0.3, 0.4) is 0 Å². The Bertz CT molecular complexity index is 1670. The number of para-hydroxylation sites is 2. The van der Waals surface area contributed by atoms with Crippen LogP contribution in [0.4, 0.5) is 11.4 Å². The Morgan fingerprint density at radius 2 is 1.86 bits per heavy atom. The molecule has 2 N–H and O–H groups in total. The minimum atomic E-state index is -0.726. The SMILES string of the molecule is CCC(SC1=Nc2ccccc2C2=NC(=O)C(CCC(=O)NCc3ccccc3OC)N12)C(=O)Nc1ccc2c(c1)OCO2. The maximum Gasteiger partial charge on any atom is 0.270 e. The molecule has 3 amide bonds. The van der Waals surface area contributed by atoms with Crippen LogP contribution in [0.15, 0.2) is 76.7 Å². The highest BCUT2D eigenvalue weighted by molar-refractivity contribution is 8.15. The van der Waals surface area contributed by atoms with Crippen LogP contribution in [-0.4, -0.2) is 58.8 Å². The van der Waals surface area contributed by atoms with E-state index in [4.69, 9.17) is 19.2 Å². The van der Waals surface area contributed by atoms with Gasteiger partial charge in [-0.2, -0.15) is 4.99 Å². The molecule has 3 aliphatic rings. The van der Waals surface area contributed by atoms with Gasteiger partial charge in [0.25, 0.3) is 5.91 Å². The summed E-state index contributed by atoms with van der Waals surface area (Å²) >= 11 is 1.27. The Kier molecular flexibility index (Phi) is 8.51. The second kappa shape index (κ2) is 12.8. The summed E-state index contributed by atoms with van der Waals surface area (Å²) in [4.78, 5) is 50.5. The van der Waals surface area contributed by atoms with Crippen molar-refractivity contribution >= 4 is 51.9 Å². The predicted octanol–water partition coefficient (Wildman–Crippen LogP) is 4.63. The third-order valence-corrected chi connectivity index (χ3v) is 8.80. The molecular weight excluding hydrogens is 582 g/mol. The molecule has 0 saturated carbocycles. The molecular formula is C32H31N5O6S. The lowest BCUT2D eigenvalue weighted by Gasteiger charge is -2.32. The lowest BCUT2D eigenvalue weighted by atomic mass is 10.1. The number of amides is 3. The van der Waals surface area contributed by atoms with Crippen molar-refractivity contribution in [2.45, 2.75) is 44.0 Å². The molecule has 44 heavy (non-hydrogen) atoms. The minimum Gasteiger partial charge on any atom is -0.496 e. The molecule has 3 aliphatic heterocycles. The monoisotopic (exact) mass is 613 g/mol. The number of rotatable bonds is 10. The number of methoxy groups -OCH3 is 1. The first-order chi connectivity index (χ1) is 21.4. The first-order valence-electron chi connectivity index (χ1n) is 14.3. The lowest BCUT2D eigenvalue weighted by Crippen LogP contribution is -2.45. The minimum absolute atomic E-state index is 0.103. The molecule has 3 aromatic rings. The van der Waals surface area contributed by atoms with Crippen LogP contribution in [0.5, 0.6) is 17.2 Å². The zero-order valence-corrected chi connectivity index (χ0v) is 25.1. The highest BCUT2D eigenvalue weighted by Gasteiger charge is 2.42. The number of amidine groups is 2. The van der Waals surface area contributed by atoms with Crippen molar-refractivity contribution in [1.29, 1.82) is 0 Å². The number of ether oxygens (including phenoxy) is 3. The average Bonchev–Trinajstić information content (AvgIpc) is 3.65. The number of benzene rings is 3. The van der Waals surface area contributed by atoms with Crippen molar-refractivity contribution in [3.63, 3.8) is 0 Å². The number of thioether (sulfide) groups is 1. The van der Waals surface area contributed by atoms with Crippen molar-refractivity contribution in [2.75, 3.05) is 19.2 Å². The quantitative estimate of drug-likeness (QED) is 0.339. The average molecular weight is 614 g/mol. The number of fused-ring (bicyclic) bond motifs is 4. The van der Waals surface area contributed by atoms with Crippen LogP contribution in [0.1, 0.15) is 37.3 Å². The van der Waals surface area contributed by atoms with Gasteiger partial charge in [0.1, 0.15) is 17.6 Å². The lowest BCUT2D eigenvalue weighted by molar-refractivity contribution is -0.122. The fraction of sp³-hybridized carbons (Fsp3) is 0.281. The maximum atomic E-state index is 13.4. The molecule has 0 aliphatic carbocycles. The highest BCUT2D eigenvalue weighted by Crippen LogP contribution is 2.38. The number of nitrogens with zero attached hydrogens (tertiary/aromatic N) is 3. The van der Waals surface area contributed by atoms with Crippen LogP contribution < -0.4 is 24.8 Å². The highest BCUT2D eigenvalue weighted by atomic mass is 32.2. The molecule has 0 radical (unpaired) electrons. The molecule has 2 unspecified atom stereocenters. The smallest absolute Gasteiger partial charge is 0.270 e. The second-order valence-corrected chi connectivity index (χ2v) is 11.4. The Hall–Kier alpha value is -4.84. The summed E-state index contributed by atoms with van der Waals surface area (Å²) in [7, 11) is 1.59. The summed E-state index contributed by atoms with van der Waals surface area (Å²) in [6, 6.07) is 19.4. The third kappa shape index (κ3) is 5.98. The summed E-state index contributed by atoms with van der Waals surface area (Å²) in [6.07, 6.45) is 0.837. The molecule has 6 rings (SSSR count). The number of nitrogens with one attached hydrogen (secondary N) is 2. The summed E-state index contributed by atoms with van der Waals surface area (Å²) in [5, 5.41) is 5.84. The molecule has 2 atom stereocenters. The molecule has 0 saturated heterocycles. The molecule has 3 aromatic carbocycles. The largest absolute Gasteiger partial charge is 0.496 e. The third-order valence-electron chi connectivity index (χ3n) is 7.47. The van der Waals surface area contributed by atoms with Gasteiger partial charge in [-0.1, -0.05) is 49.0 Å². The zero-order valence-electron chi connectivity index (χ0n) is 24.2. The molecule has 0 bridgehead atoms. The van der Waals surface area contributed by atoms with Crippen molar-refractivity contribution in [2.24, 2.45) is 9.98 Å². The number of hydrogen-bond acceptors (Lipinski definition) is 9. The van der Waals surface area contributed by atoms with E-state index < -0.39 is 11.3 Å². The summed E-state index contributed by atoms with van der Waals surface area (Å²) in [5.74, 6) is 1.61. The predicted molar refractivity (Wildman–Crippen MR) is 168 cm³/mol. The number of aliphatic imine (C=N–C) groups is 2. The number of anilines is 1. The van der Waals surface area contributed by atoms with E-state index in [2.05, 4.69) is 15.6 Å². The Labute approximate surface area is 258 Å². The molecule has 12 heteroatoms. The van der Waals surface area contributed by atoms with Crippen LogP contribution in [0.2, 0.25) is 0 Å².